The first-order valence-electron chi connectivity index (χ1n) is 7.67. The van der Waals surface area contributed by atoms with Crippen LogP contribution in [0.1, 0.15) is 25.7 Å². The lowest BCUT2D eigenvalue weighted by molar-refractivity contribution is 0.233. The number of nitrogens with zero attached hydrogens (tertiary/aromatic N) is 1. The van der Waals surface area contributed by atoms with Crippen LogP contribution in [0.2, 0.25) is 5.02 Å². The third kappa shape index (κ3) is 3.99. The third-order valence-corrected chi connectivity index (χ3v) is 6.83. The van der Waals surface area contributed by atoms with E-state index >= 15 is 0 Å². The van der Waals surface area contributed by atoms with Crippen LogP contribution in [-0.4, -0.2) is 38.4 Å². The Balaban J connectivity index is 0.00000192. The minimum absolute atomic E-state index is 0. The molecule has 1 N–H and O–H groups in total. The Labute approximate surface area is 147 Å². The highest BCUT2D eigenvalue weighted by Crippen LogP contribution is 2.30. The Morgan fingerprint density at radius 2 is 1.91 bits per heavy atom. The summed E-state index contributed by atoms with van der Waals surface area (Å²) in [5.41, 5.74) is 0. The molecule has 2 saturated heterocycles. The molecule has 23 heavy (non-hydrogen) atoms. The Morgan fingerprint density at radius 3 is 2.52 bits per heavy atom. The van der Waals surface area contributed by atoms with Crippen LogP contribution in [0.25, 0.3) is 0 Å². The van der Waals surface area contributed by atoms with Crippen molar-refractivity contribution in [2.24, 2.45) is 5.92 Å². The van der Waals surface area contributed by atoms with Gasteiger partial charge in [-0.05, 0) is 56.3 Å². The van der Waals surface area contributed by atoms with Crippen molar-refractivity contribution in [1.82, 2.24) is 9.62 Å². The van der Waals surface area contributed by atoms with Gasteiger partial charge in [-0.1, -0.05) is 11.6 Å². The molecule has 1 aromatic rings. The third-order valence-electron chi connectivity index (χ3n) is 4.68. The summed E-state index contributed by atoms with van der Waals surface area (Å²) in [4.78, 5) is -0.322. The van der Waals surface area contributed by atoms with Crippen molar-refractivity contribution in [2.75, 3.05) is 19.6 Å². The molecule has 0 bridgehead atoms. The summed E-state index contributed by atoms with van der Waals surface area (Å²) in [7, 11) is -3.81. The van der Waals surface area contributed by atoms with Gasteiger partial charge in [-0.2, -0.15) is 4.31 Å². The van der Waals surface area contributed by atoms with Crippen molar-refractivity contribution in [3.05, 3.63) is 29.0 Å². The number of hydrogen-bond donors (Lipinski definition) is 1. The molecule has 2 heterocycles. The molecule has 0 amide bonds. The topological polar surface area (TPSA) is 49.4 Å². The molecule has 1 aromatic carbocycles. The van der Waals surface area contributed by atoms with E-state index in [2.05, 4.69) is 5.32 Å². The summed E-state index contributed by atoms with van der Waals surface area (Å²) in [6.07, 6.45) is 4.00. The van der Waals surface area contributed by atoms with Crippen molar-refractivity contribution < 1.29 is 12.8 Å². The van der Waals surface area contributed by atoms with Crippen molar-refractivity contribution in [3.8, 4) is 0 Å². The van der Waals surface area contributed by atoms with E-state index in [9.17, 15) is 12.8 Å². The van der Waals surface area contributed by atoms with Gasteiger partial charge in [-0.3, -0.25) is 0 Å². The molecule has 2 aliphatic rings. The predicted molar refractivity (Wildman–Crippen MR) is 91.2 cm³/mol. The maximum Gasteiger partial charge on any atom is 0.246 e. The van der Waals surface area contributed by atoms with Crippen LogP contribution in [0.4, 0.5) is 4.39 Å². The van der Waals surface area contributed by atoms with Crippen LogP contribution in [0.3, 0.4) is 0 Å². The highest BCUT2D eigenvalue weighted by atomic mass is 35.5. The van der Waals surface area contributed by atoms with Crippen LogP contribution in [-0.2, 0) is 10.0 Å². The van der Waals surface area contributed by atoms with Gasteiger partial charge in [0.2, 0.25) is 10.0 Å². The summed E-state index contributed by atoms with van der Waals surface area (Å²) in [6, 6.07) is 4.16. The highest BCUT2D eigenvalue weighted by Gasteiger charge is 2.34. The average Bonchev–Trinajstić information content (AvgIpc) is 3.04. The van der Waals surface area contributed by atoms with E-state index in [0.29, 0.717) is 25.0 Å². The quantitative estimate of drug-likeness (QED) is 0.873. The van der Waals surface area contributed by atoms with Crippen molar-refractivity contribution >= 4 is 34.0 Å². The number of piperidine rings is 1. The van der Waals surface area contributed by atoms with E-state index in [0.717, 1.165) is 25.5 Å². The van der Waals surface area contributed by atoms with E-state index in [-0.39, 0.29) is 22.3 Å². The second-order valence-corrected chi connectivity index (χ2v) is 8.36. The summed E-state index contributed by atoms with van der Waals surface area (Å²) in [5.74, 6) is -0.234. The maximum atomic E-state index is 13.9. The molecule has 0 spiro atoms. The zero-order valence-electron chi connectivity index (χ0n) is 12.7. The van der Waals surface area contributed by atoms with Gasteiger partial charge < -0.3 is 5.32 Å². The van der Waals surface area contributed by atoms with Gasteiger partial charge in [0.1, 0.15) is 10.7 Å². The zero-order valence-corrected chi connectivity index (χ0v) is 15.1. The van der Waals surface area contributed by atoms with E-state index in [1.54, 1.807) is 0 Å². The molecular weight excluding hydrogens is 362 g/mol. The first-order valence-corrected chi connectivity index (χ1v) is 9.49. The second kappa shape index (κ2) is 7.66. The van der Waals surface area contributed by atoms with Crippen LogP contribution in [0, 0.1) is 11.7 Å². The summed E-state index contributed by atoms with van der Waals surface area (Å²) in [5, 5.41) is 3.71. The van der Waals surface area contributed by atoms with Gasteiger partial charge in [-0.25, -0.2) is 12.8 Å². The molecule has 0 aliphatic carbocycles. The monoisotopic (exact) mass is 382 g/mol. The molecule has 130 valence electrons. The molecule has 1 unspecified atom stereocenters. The van der Waals surface area contributed by atoms with E-state index in [1.807, 2.05) is 0 Å². The molecular formula is C15H21Cl2FN2O2S. The fourth-order valence-corrected chi connectivity index (χ4v) is 5.24. The molecule has 2 fully saturated rings. The van der Waals surface area contributed by atoms with Crippen LogP contribution < -0.4 is 5.32 Å². The molecule has 0 radical (unpaired) electrons. The van der Waals surface area contributed by atoms with Gasteiger partial charge in [0.05, 0.1) is 0 Å². The van der Waals surface area contributed by atoms with Gasteiger partial charge in [0.25, 0.3) is 0 Å². The summed E-state index contributed by atoms with van der Waals surface area (Å²) < 4.78 is 40.5. The molecule has 3 rings (SSSR count). The Morgan fingerprint density at radius 1 is 1.22 bits per heavy atom. The largest absolute Gasteiger partial charge is 0.314 e. The number of hydrogen-bond acceptors (Lipinski definition) is 3. The Hall–Kier alpha value is -0.400. The smallest absolute Gasteiger partial charge is 0.246 e. The molecule has 1 atom stereocenters. The van der Waals surface area contributed by atoms with Crippen molar-refractivity contribution in [1.29, 1.82) is 0 Å². The second-order valence-electron chi connectivity index (χ2n) is 6.02. The molecule has 2 aliphatic heterocycles. The standard InChI is InChI=1S/C15H20ClFN2O2S.ClH/c16-12-3-4-13(17)15(10-12)22(20,21)19-8-5-11(6-9-19)14-2-1-7-18-14;/h3-4,10-11,14,18H,1-2,5-9H2;1H. The number of sulfonamides is 1. The lowest BCUT2D eigenvalue weighted by Gasteiger charge is -2.34. The van der Waals surface area contributed by atoms with Crippen molar-refractivity contribution in [3.63, 3.8) is 0 Å². The van der Waals surface area contributed by atoms with E-state index < -0.39 is 15.8 Å². The van der Waals surface area contributed by atoms with Crippen LogP contribution >= 0.6 is 24.0 Å². The first kappa shape index (κ1) is 18.9. The normalized spacial score (nSPS) is 23.7. The SMILES string of the molecule is Cl.O=S(=O)(c1cc(Cl)ccc1F)N1CCC(C2CCCN2)CC1. The van der Waals surface area contributed by atoms with Gasteiger partial charge in [0.15, 0.2) is 0 Å². The number of rotatable bonds is 3. The van der Waals surface area contributed by atoms with Gasteiger partial charge in [0, 0.05) is 24.2 Å². The fourth-order valence-electron chi connectivity index (χ4n) is 3.45. The average molecular weight is 383 g/mol. The van der Waals surface area contributed by atoms with Gasteiger partial charge >= 0.3 is 0 Å². The van der Waals surface area contributed by atoms with E-state index in [1.165, 1.54) is 29.3 Å². The summed E-state index contributed by atoms with van der Waals surface area (Å²) >= 11 is 5.81. The molecule has 0 saturated carbocycles. The maximum absolute atomic E-state index is 13.9. The lowest BCUT2D eigenvalue weighted by atomic mass is 9.89. The number of benzene rings is 1. The molecule has 8 heteroatoms. The predicted octanol–water partition coefficient (Wildman–Crippen LogP) is 3.05. The number of halogens is 3. The van der Waals surface area contributed by atoms with E-state index in [4.69, 9.17) is 11.6 Å². The Bertz CT molecular complexity index is 643. The molecule has 4 nitrogen and oxygen atoms in total. The van der Waals surface area contributed by atoms with Crippen LogP contribution in [0.15, 0.2) is 23.1 Å². The zero-order chi connectivity index (χ0) is 15.7. The molecule has 0 aromatic heterocycles. The minimum atomic E-state index is -3.81. The van der Waals surface area contributed by atoms with Gasteiger partial charge in [-0.15, -0.1) is 12.4 Å². The lowest BCUT2D eigenvalue weighted by Crippen LogP contribution is -2.43. The highest BCUT2D eigenvalue weighted by molar-refractivity contribution is 7.89. The fraction of sp³-hybridized carbons (Fsp3) is 0.600. The minimum Gasteiger partial charge on any atom is -0.314 e. The van der Waals surface area contributed by atoms with Crippen molar-refractivity contribution in [2.45, 2.75) is 36.6 Å². The van der Waals surface area contributed by atoms with Crippen LogP contribution in [0.5, 0.6) is 0 Å². The first-order chi connectivity index (χ1) is 10.5. The number of nitrogens with one attached hydrogen (secondary N) is 1. The Kier molecular flexibility index (Phi) is 6.30. The summed E-state index contributed by atoms with van der Waals surface area (Å²) in [6.45, 7) is 1.94.